The van der Waals surface area contributed by atoms with Gasteiger partial charge in [0.15, 0.2) is 0 Å². The van der Waals surface area contributed by atoms with E-state index in [2.05, 4.69) is 69.4 Å². The van der Waals surface area contributed by atoms with E-state index in [0.29, 0.717) is 12.0 Å². The molecule has 1 aliphatic heterocycles. The molecule has 0 aliphatic carbocycles. The Morgan fingerprint density at radius 2 is 2.00 bits per heavy atom. The molecule has 1 N–H and O–H groups in total. The predicted octanol–water partition coefficient (Wildman–Crippen LogP) is 3.36. The van der Waals surface area contributed by atoms with Crippen molar-refractivity contribution in [1.29, 1.82) is 0 Å². The summed E-state index contributed by atoms with van der Waals surface area (Å²) in [6, 6.07) is 4.74. The smallest absolute Gasteiger partial charge is 0.0790 e. The van der Waals surface area contributed by atoms with E-state index in [9.17, 15) is 0 Å². The Kier molecular flexibility index (Phi) is 5.14. The molecule has 4 heteroatoms. The predicted molar refractivity (Wildman–Crippen MR) is 90.9 cm³/mol. The maximum Gasteiger partial charge on any atom is 0.0790 e. The van der Waals surface area contributed by atoms with Gasteiger partial charge in [-0.1, -0.05) is 13.0 Å². The summed E-state index contributed by atoms with van der Waals surface area (Å²) in [7, 11) is 2.06. The molecule has 1 saturated heterocycles. The third-order valence-corrected chi connectivity index (χ3v) is 5.60. The van der Waals surface area contributed by atoms with E-state index < -0.39 is 0 Å². The van der Waals surface area contributed by atoms with Crippen LogP contribution in [-0.2, 0) is 11.3 Å². The molecule has 2 heterocycles. The van der Waals surface area contributed by atoms with Crippen LogP contribution in [0.1, 0.15) is 39.5 Å². The van der Waals surface area contributed by atoms with Crippen LogP contribution in [0.4, 0.5) is 0 Å². The number of ether oxygens (including phenoxy) is 1. The molecule has 2 rings (SSSR count). The average molecular weight is 311 g/mol. The number of hydrogen-bond acceptors (Lipinski definition) is 4. The highest BCUT2D eigenvalue weighted by atomic mass is 32.1. The fourth-order valence-electron chi connectivity index (χ4n) is 3.78. The van der Waals surface area contributed by atoms with Gasteiger partial charge in [-0.25, -0.2) is 0 Å². The van der Waals surface area contributed by atoms with Crippen molar-refractivity contribution in [2.45, 2.75) is 58.4 Å². The maximum atomic E-state index is 6.35. The van der Waals surface area contributed by atoms with Gasteiger partial charge in [-0.3, -0.25) is 4.90 Å². The number of likely N-dealkylation sites (N-methyl/N-ethyl adjacent to an activating group) is 1. The third-order valence-electron chi connectivity index (χ3n) is 4.74. The van der Waals surface area contributed by atoms with Crippen molar-refractivity contribution in [3.63, 3.8) is 0 Å². The Balaban J connectivity index is 2.11. The second-order valence-corrected chi connectivity index (χ2v) is 8.12. The van der Waals surface area contributed by atoms with E-state index in [1.54, 1.807) is 0 Å². The minimum absolute atomic E-state index is 0.0972. The SMILES string of the molecule is CCN(Cc1cccs1)CC1C(NC)C(C)(C)OC1(C)C. The van der Waals surface area contributed by atoms with Gasteiger partial charge in [-0.15, -0.1) is 11.3 Å². The second kappa shape index (κ2) is 6.37. The topological polar surface area (TPSA) is 24.5 Å². The largest absolute Gasteiger partial charge is 0.368 e. The zero-order chi connectivity index (χ0) is 15.7. The standard InChI is InChI=1S/C17H30N2OS/c1-7-19(11-13-9-8-10-21-13)12-14-15(18-6)17(4,5)20-16(14,2)3/h8-10,14-15,18H,7,11-12H2,1-6H3. The molecule has 1 aromatic rings. The molecular weight excluding hydrogens is 280 g/mol. The van der Waals surface area contributed by atoms with Gasteiger partial charge in [0.2, 0.25) is 0 Å². The van der Waals surface area contributed by atoms with Crippen LogP contribution in [0.3, 0.4) is 0 Å². The van der Waals surface area contributed by atoms with E-state index in [4.69, 9.17) is 4.74 Å². The van der Waals surface area contributed by atoms with Gasteiger partial charge < -0.3 is 10.1 Å². The van der Waals surface area contributed by atoms with Crippen LogP contribution >= 0.6 is 11.3 Å². The van der Waals surface area contributed by atoms with Gasteiger partial charge >= 0.3 is 0 Å². The van der Waals surface area contributed by atoms with Gasteiger partial charge in [0.1, 0.15) is 0 Å². The van der Waals surface area contributed by atoms with Gasteiger partial charge in [-0.2, -0.15) is 0 Å². The van der Waals surface area contributed by atoms with Crippen LogP contribution in [0.5, 0.6) is 0 Å². The number of hydrogen-bond donors (Lipinski definition) is 1. The zero-order valence-corrected chi connectivity index (χ0v) is 15.1. The molecule has 120 valence electrons. The Labute approximate surface area is 133 Å². The van der Waals surface area contributed by atoms with Crippen molar-refractivity contribution in [2.75, 3.05) is 20.1 Å². The minimum Gasteiger partial charge on any atom is -0.368 e. The lowest BCUT2D eigenvalue weighted by atomic mass is 9.82. The molecule has 1 fully saturated rings. The van der Waals surface area contributed by atoms with Crippen molar-refractivity contribution in [1.82, 2.24) is 10.2 Å². The first kappa shape index (κ1) is 16.9. The first-order valence-electron chi connectivity index (χ1n) is 7.92. The highest BCUT2D eigenvalue weighted by molar-refractivity contribution is 7.09. The van der Waals surface area contributed by atoms with E-state index >= 15 is 0 Å². The summed E-state index contributed by atoms with van der Waals surface area (Å²) >= 11 is 1.84. The molecule has 1 aliphatic rings. The Hall–Kier alpha value is -0.420. The number of rotatable bonds is 6. The van der Waals surface area contributed by atoms with Gasteiger partial charge in [0.25, 0.3) is 0 Å². The Bertz CT molecular complexity index is 442. The van der Waals surface area contributed by atoms with Crippen LogP contribution in [0, 0.1) is 5.92 Å². The Morgan fingerprint density at radius 1 is 1.29 bits per heavy atom. The monoisotopic (exact) mass is 310 g/mol. The van der Waals surface area contributed by atoms with Crippen LogP contribution in [0.25, 0.3) is 0 Å². The van der Waals surface area contributed by atoms with Crippen LogP contribution < -0.4 is 5.32 Å². The molecule has 0 amide bonds. The van der Waals surface area contributed by atoms with Crippen molar-refractivity contribution in [2.24, 2.45) is 5.92 Å². The van der Waals surface area contributed by atoms with Gasteiger partial charge in [0, 0.05) is 29.9 Å². The molecule has 2 unspecified atom stereocenters. The van der Waals surface area contributed by atoms with E-state index in [0.717, 1.165) is 19.6 Å². The molecule has 0 spiro atoms. The zero-order valence-electron chi connectivity index (χ0n) is 14.3. The molecule has 0 aromatic carbocycles. The fourth-order valence-corrected chi connectivity index (χ4v) is 4.53. The highest BCUT2D eigenvalue weighted by Crippen LogP contribution is 2.42. The van der Waals surface area contributed by atoms with E-state index in [1.807, 2.05) is 11.3 Å². The first-order chi connectivity index (χ1) is 9.80. The number of nitrogens with one attached hydrogen (secondary N) is 1. The lowest BCUT2D eigenvalue weighted by molar-refractivity contribution is -0.0794. The summed E-state index contributed by atoms with van der Waals surface area (Å²) in [4.78, 5) is 3.97. The van der Waals surface area contributed by atoms with Crippen molar-refractivity contribution < 1.29 is 4.74 Å². The summed E-state index contributed by atoms with van der Waals surface area (Å²) in [6.07, 6.45) is 0. The lowest BCUT2D eigenvalue weighted by Crippen LogP contribution is -2.49. The third kappa shape index (κ3) is 3.67. The minimum atomic E-state index is -0.120. The average Bonchev–Trinajstić information content (AvgIpc) is 2.93. The van der Waals surface area contributed by atoms with Crippen molar-refractivity contribution in [3.05, 3.63) is 22.4 Å². The van der Waals surface area contributed by atoms with E-state index in [-0.39, 0.29) is 11.2 Å². The molecule has 1 aromatic heterocycles. The second-order valence-electron chi connectivity index (χ2n) is 7.09. The number of thiophene rings is 1. The fraction of sp³-hybridized carbons (Fsp3) is 0.765. The van der Waals surface area contributed by atoms with Crippen molar-refractivity contribution in [3.8, 4) is 0 Å². The van der Waals surface area contributed by atoms with Crippen LogP contribution in [0.2, 0.25) is 0 Å². The molecule has 21 heavy (non-hydrogen) atoms. The summed E-state index contributed by atoms with van der Waals surface area (Å²) in [6.45, 7) is 14.3. The lowest BCUT2D eigenvalue weighted by Gasteiger charge is -2.33. The molecular formula is C17H30N2OS. The van der Waals surface area contributed by atoms with Crippen LogP contribution in [0.15, 0.2) is 17.5 Å². The van der Waals surface area contributed by atoms with Gasteiger partial charge in [-0.05, 0) is 52.7 Å². The maximum absolute atomic E-state index is 6.35. The van der Waals surface area contributed by atoms with Crippen molar-refractivity contribution >= 4 is 11.3 Å². The molecule has 0 radical (unpaired) electrons. The normalized spacial score (nSPS) is 27.4. The van der Waals surface area contributed by atoms with E-state index in [1.165, 1.54) is 4.88 Å². The summed E-state index contributed by atoms with van der Waals surface area (Å²) in [5, 5.41) is 5.66. The molecule has 2 atom stereocenters. The summed E-state index contributed by atoms with van der Waals surface area (Å²) in [5.41, 5.74) is -0.217. The number of nitrogens with zero attached hydrogens (tertiary/aromatic N) is 1. The molecule has 0 bridgehead atoms. The van der Waals surface area contributed by atoms with Gasteiger partial charge in [0.05, 0.1) is 11.2 Å². The summed E-state index contributed by atoms with van der Waals surface area (Å²) < 4.78 is 6.35. The van der Waals surface area contributed by atoms with Crippen LogP contribution in [-0.4, -0.2) is 42.3 Å². The Morgan fingerprint density at radius 3 is 2.52 bits per heavy atom. The molecule has 3 nitrogen and oxygen atoms in total. The molecule has 0 saturated carbocycles. The quantitative estimate of drug-likeness (QED) is 0.872. The first-order valence-corrected chi connectivity index (χ1v) is 8.80. The summed E-state index contributed by atoms with van der Waals surface area (Å²) in [5.74, 6) is 0.484. The highest BCUT2D eigenvalue weighted by Gasteiger charge is 2.53.